The Kier molecular flexibility index (Phi) is 5.65. The summed E-state index contributed by atoms with van der Waals surface area (Å²) in [6.07, 6.45) is 1.61. The summed E-state index contributed by atoms with van der Waals surface area (Å²) in [4.78, 5) is 6.63. The van der Waals surface area contributed by atoms with Crippen molar-refractivity contribution >= 4 is 0 Å². The summed E-state index contributed by atoms with van der Waals surface area (Å²) in [5, 5.41) is 14.7. The van der Waals surface area contributed by atoms with Gasteiger partial charge in [-0.05, 0) is 57.5 Å². The number of aromatic nitrogens is 3. The highest BCUT2D eigenvalue weighted by Gasteiger charge is 2.27. The van der Waals surface area contributed by atoms with Crippen LogP contribution in [-0.2, 0) is 6.54 Å². The van der Waals surface area contributed by atoms with Gasteiger partial charge in [0.2, 0.25) is 0 Å². The minimum Gasteiger partial charge on any atom is -0.491 e. The monoisotopic (exact) mass is 348 g/mol. The molecule has 0 bridgehead atoms. The molecule has 0 amide bonds. The molecule has 0 radical (unpaired) electrons. The van der Waals surface area contributed by atoms with Crippen LogP contribution in [0.3, 0.4) is 0 Å². The molecule has 25 heavy (non-hydrogen) atoms. The molecule has 1 aromatic heterocycles. The lowest BCUT2D eigenvalue weighted by atomic mass is 10.2. The van der Waals surface area contributed by atoms with E-state index < -0.39 is 6.10 Å². The largest absolute Gasteiger partial charge is 0.491 e. The van der Waals surface area contributed by atoms with Crippen LogP contribution in [0.1, 0.15) is 24.5 Å². The number of likely N-dealkylation sites (tertiary alicyclic amines) is 1. The van der Waals surface area contributed by atoms with Crippen molar-refractivity contribution in [1.82, 2.24) is 19.7 Å². The molecule has 2 atom stereocenters. The number of hydrogen-bond acceptors (Lipinski definition) is 5. The first-order chi connectivity index (χ1) is 12.0. The summed E-state index contributed by atoms with van der Waals surface area (Å²) < 4.78 is 20.4. The molecule has 1 fully saturated rings. The second-order valence-electron chi connectivity index (χ2n) is 6.60. The number of nitrogens with zero attached hydrogens (tertiary/aromatic N) is 4. The maximum Gasteiger partial charge on any atom is 0.147 e. The van der Waals surface area contributed by atoms with Gasteiger partial charge in [-0.15, -0.1) is 0 Å². The Labute approximate surface area is 147 Å². The van der Waals surface area contributed by atoms with Gasteiger partial charge in [-0.3, -0.25) is 4.90 Å². The predicted molar refractivity (Wildman–Crippen MR) is 92.0 cm³/mol. The molecule has 1 saturated heterocycles. The van der Waals surface area contributed by atoms with E-state index in [1.807, 2.05) is 18.5 Å². The Balaban J connectivity index is 1.50. The van der Waals surface area contributed by atoms with E-state index in [0.29, 0.717) is 18.3 Å². The molecule has 6 nitrogen and oxygen atoms in total. The highest BCUT2D eigenvalue weighted by atomic mass is 19.1. The predicted octanol–water partition coefficient (Wildman–Crippen LogP) is 1.94. The van der Waals surface area contributed by atoms with Gasteiger partial charge in [-0.25, -0.2) is 14.1 Å². The van der Waals surface area contributed by atoms with Crippen molar-refractivity contribution in [2.45, 2.75) is 45.4 Å². The number of β-amino-alcohol motifs (C(OH)–C–C–N with tert-alkyl or cyclic N) is 1. The molecule has 2 aromatic rings. The Bertz CT molecular complexity index is 689. The van der Waals surface area contributed by atoms with Crippen LogP contribution >= 0.6 is 0 Å². The summed E-state index contributed by atoms with van der Waals surface area (Å²) in [5.41, 5.74) is 0. The third-order valence-electron chi connectivity index (χ3n) is 4.55. The lowest BCUT2D eigenvalue weighted by molar-refractivity contribution is 0.0608. The fourth-order valence-electron chi connectivity index (χ4n) is 3.32. The topological polar surface area (TPSA) is 63.4 Å². The molecule has 7 heteroatoms. The summed E-state index contributed by atoms with van der Waals surface area (Å²) in [6.45, 7) is 6.36. The zero-order valence-electron chi connectivity index (χ0n) is 14.7. The number of aliphatic hydroxyl groups is 1. The Morgan fingerprint density at radius 1 is 1.32 bits per heavy atom. The smallest absolute Gasteiger partial charge is 0.147 e. The molecule has 1 aliphatic rings. The molecule has 0 spiro atoms. The average molecular weight is 348 g/mol. The zero-order chi connectivity index (χ0) is 17.8. The lowest BCUT2D eigenvalue weighted by Crippen LogP contribution is -2.40. The van der Waals surface area contributed by atoms with Crippen LogP contribution < -0.4 is 4.74 Å². The molecule has 0 unspecified atom stereocenters. The van der Waals surface area contributed by atoms with Crippen LogP contribution in [0, 0.1) is 19.7 Å². The van der Waals surface area contributed by atoms with Gasteiger partial charge in [0.05, 0.1) is 6.54 Å². The molecule has 0 aliphatic carbocycles. The van der Waals surface area contributed by atoms with Gasteiger partial charge < -0.3 is 9.84 Å². The number of rotatable bonds is 7. The normalized spacial score (nSPS) is 19.3. The van der Waals surface area contributed by atoms with Crippen molar-refractivity contribution in [3.8, 4) is 5.75 Å². The van der Waals surface area contributed by atoms with Gasteiger partial charge in [-0.2, -0.15) is 5.10 Å². The Morgan fingerprint density at radius 2 is 2.08 bits per heavy atom. The number of ether oxygens (including phenoxy) is 1. The first kappa shape index (κ1) is 17.8. The third-order valence-corrected chi connectivity index (χ3v) is 4.55. The summed E-state index contributed by atoms with van der Waals surface area (Å²) >= 11 is 0. The van der Waals surface area contributed by atoms with Gasteiger partial charge in [0.1, 0.15) is 35.9 Å². The third kappa shape index (κ3) is 4.76. The molecule has 1 aliphatic heterocycles. The van der Waals surface area contributed by atoms with Crippen LogP contribution in [0.5, 0.6) is 5.75 Å². The van der Waals surface area contributed by atoms with E-state index in [1.165, 1.54) is 12.1 Å². The van der Waals surface area contributed by atoms with E-state index in [2.05, 4.69) is 15.0 Å². The van der Waals surface area contributed by atoms with Crippen molar-refractivity contribution in [3.63, 3.8) is 0 Å². The quantitative estimate of drug-likeness (QED) is 0.828. The van der Waals surface area contributed by atoms with Gasteiger partial charge >= 0.3 is 0 Å². The van der Waals surface area contributed by atoms with Crippen LogP contribution in [-0.4, -0.2) is 56.6 Å². The minimum absolute atomic E-state index is 0.191. The number of hydrogen-bond donors (Lipinski definition) is 1. The maximum absolute atomic E-state index is 12.9. The molecular weight excluding hydrogens is 323 g/mol. The Morgan fingerprint density at radius 3 is 2.76 bits per heavy atom. The Hall–Kier alpha value is -1.99. The van der Waals surface area contributed by atoms with Gasteiger partial charge in [0.25, 0.3) is 0 Å². The van der Waals surface area contributed by atoms with E-state index in [-0.39, 0.29) is 12.4 Å². The molecule has 136 valence electrons. The number of benzene rings is 1. The fourth-order valence-corrected chi connectivity index (χ4v) is 3.32. The molecule has 1 N–H and O–H groups in total. The minimum atomic E-state index is -0.593. The first-order valence-corrected chi connectivity index (χ1v) is 8.70. The van der Waals surface area contributed by atoms with Crippen molar-refractivity contribution in [2.24, 2.45) is 0 Å². The van der Waals surface area contributed by atoms with Crippen LogP contribution in [0.4, 0.5) is 4.39 Å². The average Bonchev–Trinajstić information content (AvgIpc) is 3.13. The SMILES string of the molecule is Cc1nc(C)n(C[C@@H]2CCCN2C[C@H](O)COc2ccc(F)cc2)n1. The van der Waals surface area contributed by atoms with Crippen molar-refractivity contribution in [2.75, 3.05) is 19.7 Å². The van der Waals surface area contributed by atoms with E-state index in [0.717, 1.165) is 37.6 Å². The van der Waals surface area contributed by atoms with Gasteiger partial charge in [0.15, 0.2) is 0 Å². The number of aliphatic hydroxyl groups excluding tert-OH is 1. The van der Waals surface area contributed by atoms with Crippen molar-refractivity contribution in [1.29, 1.82) is 0 Å². The van der Waals surface area contributed by atoms with E-state index in [4.69, 9.17) is 4.74 Å². The highest BCUT2D eigenvalue weighted by molar-refractivity contribution is 5.22. The van der Waals surface area contributed by atoms with Crippen molar-refractivity contribution < 1.29 is 14.2 Å². The summed E-state index contributed by atoms with van der Waals surface area (Å²) in [5.74, 6) is 1.97. The first-order valence-electron chi connectivity index (χ1n) is 8.70. The molecule has 1 aromatic carbocycles. The van der Waals surface area contributed by atoms with E-state index >= 15 is 0 Å². The van der Waals surface area contributed by atoms with Crippen LogP contribution in [0.25, 0.3) is 0 Å². The maximum atomic E-state index is 12.9. The highest BCUT2D eigenvalue weighted by Crippen LogP contribution is 2.20. The molecule has 2 heterocycles. The number of aryl methyl sites for hydroxylation is 2. The zero-order valence-corrected chi connectivity index (χ0v) is 14.7. The fraction of sp³-hybridized carbons (Fsp3) is 0.556. The lowest BCUT2D eigenvalue weighted by Gasteiger charge is -2.27. The second-order valence-corrected chi connectivity index (χ2v) is 6.60. The second kappa shape index (κ2) is 7.93. The summed E-state index contributed by atoms with van der Waals surface area (Å²) in [7, 11) is 0. The van der Waals surface area contributed by atoms with E-state index in [9.17, 15) is 9.50 Å². The molecule has 3 rings (SSSR count). The standard InChI is InChI=1S/C18H25FN4O2/c1-13-20-14(2)23(21-13)10-16-4-3-9-22(16)11-17(24)12-25-18-7-5-15(19)6-8-18/h5-8,16-17,24H,3-4,9-12H2,1-2H3/t16-,17-/m0/s1. The van der Waals surface area contributed by atoms with Gasteiger partial charge in [-0.1, -0.05) is 0 Å². The van der Waals surface area contributed by atoms with Gasteiger partial charge in [0, 0.05) is 12.6 Å². The van der Waals surface area contributed by atoms with Crippen molar-refractivity contribution in [3.05, 3.63) is 41.7 Å². The number of halogens is 1. The van der Waals surface area contributed by atoms with E-state index in [1.54, 1.807) is 12.1 Å². The summed E-state index contributed by atoms with van der Waals surface area (Å²) in [6, 6.07) is 6.18. The van der Waals surface area contributed by atoms with Crippen LogP contribution in [0.2, 0.25) is 0 Å². The molecular formula is C18H25FN4O2. The van der Waals surface area contributed by atoms with Crippen LogP contribution in [0.15, 0.2) is 24.3 Å². The molecule has 0 saturated carbocycles.